The smallest absolute Gasteiger partial charge is 0.168 e. The zero-order chi connectivity index (χ0) is 6.62. The number of rotatable bonds is 3. The molecule has 5 heteroatoms. The molecule has 0 saturated heterocycles. The summed E-state index contributed by atoms with van der Waals surface area (Å²) in [5.74, 6) is 0. The van der Waals surface area contributed by atoms with Crippen molar-refractivity contribution < 1.29 is 8.42 Å². The van der Waals surface area contributed by atoms with E-state index in [0.29, 0.717) is 6.54 Å². The Morgan fingerprint density at radius 1 is 1.75 bits per heavy atom. The van der Waals surface area contributed by atoms with E-state index >= 15 is 0 Å². The summed E-state index contributed by atoms with van der Waals surface area (Å²) in [7, 11) is -2.71. The Hall–Kier alpha value is -0.133. The van der Waals surface area contributed by atoms with Crippen molar-refractivity contribution >= 4 is 18.9 Å². The van der Waals surface area contributed by atoms with E-state index in [9.17, 15) is 8.42 Å². The van der Waals surface area contributed by atoms with E-state index in [0.717, 1.165) is 0 Å². The summed E-state index contributed by atoms with van der Waals surface area (Å²) < 4.78 is 22.9. The molecular formula is C3H9NO2SSi. The van der Waals surface area contributed by atoms with Crippen molar-refractivity contribution in [1.29, 1.82) is 0 Å². The average molecular weight is 151 g/mol. The maximum Gasteiger partial charge on any atom is 0.168 e. The summed E-state index contributed by atoms with van der Waals surface area (Å²) in [5.41, 5.74) is 0. The fourth-order valence-electron chi connectivity index (χ4n) is 0.210. The second-order valence-corrected chi connectivity index (χ2v) is 6.47. The molecule has 0 rings (SSSR count). The summed E-state index contributed by atoms with van der Waals surface area (Å²) in [6.07, 6.45) is 1.51. The van der Waals surface area contributed by atoms with Gasteiger partial charge in [-0.05, 0) is 0 Å². The van der Waals surface area contributed by atoms with Crippen molar-refractivity contribution in [2.75, 3.05) is 6.54 Å². The van der Waals surface area contributed by atoms with Gasteiger partial charge in [0.15, 0.2) is 18.9 Å². The molecule has 0 amide bonds. The first-order valence-corrected chi connectivity index (χ1v) is 6.46. The predicted octanol–water partition coefficient (Wildman–Crippen LogP) is -1.63. The van der Waals surface area contributed by atoms with Gasteiger partial charge >= 0.3 is 0 Å². The molecular weight excluding hydrogens is 142 g/mol. The maximum absolute atomic E-state index is 10.3. The van der Waals surface area contributed by atoms with Gasteiger partial charge in [0.1, 0.15) is 0 Å². The highest BCUT2D eigenvalue weighted by Crippen LogP contribution is 1.68. The van der Waals surface area contributed by atoms with Crippen LogP contribution in [0.4, 0.5) is 0 Å². The number of hydrogen-bond donors (Lipinski definition) is 1. The van der Waals surface area contributed by atoms with Crippen molar-refractivity contribution in [2.45, 2.75) is 0 Å². The number of nitrogens with one attached hydrogen (secondary N) is 1. The van der Waals surface area contributed by atoms with E-state index in [1.807, 2.05) is 0 Å². The van der Waals surface area contributed by atoms with Crippen LogP contribution >= 0.6 is 0 Å². The van der Waals surface area contributed by atoms with Crippen molar-refractivity contribution in [3.63, 3.8) is 0 Å². The van der Waals surface area contributed by atoms with E-state index in [1.54, 1.807) is 0 Å². The number of hydrogen-bond acceptors (Lipinski definition) is 2. The molecule has 1 N–H and O–H groups in total. The highest BCUT2D eigenvalue weighted by atomic mass is 32.4. The van der Waals surface area contributed by atoms with Crippen LogP contribution < -0.4 is 4.72 Å². The van der Waals surface area contributed by atoms with Crippen molar-refractivity contribution in [3.05, 3.63) is 12.7 Å². The first-order valence-electron chi connectivity index (χ1n) is 2.12. The summed E-state index contributed by atoms with van der Waals surface area (Å²) in [6, 6.07) is 0. The molecule has 0 fully saturated rings. The topological polar surface area (TPSA) is 46.2 Å². The molecule has 0 saturated carbocycles. The van der Waals surface area contributed by atoms with Crippen LogP contribution in [0.25, 0.3) is 0 Å². The molecule has 0 spiro atoms. The van der Waals surface area contributed by atoms with Gasteiger partial charge in [0.05, 0.1) is 0 Å². The molecule has 0 aromatic carbocycles. The second-order valence-electron chi connectivity index (χ2n) is 1.41. The standard InChI is InChI=1S/C3H9NO2SSi/c1-2-3-4-7(5,6)8/h2,4H,1,3H2,8H3. The Kier molecular flexibility index (Phi) is 2.96. The van der Waals surface area contributed by atoms with Crippen molar-refractivity contribution in [2.24, 2.45) is 0 Å². The summed E-state index contributed by atoms with van der Waals surface area (Å²) in [6.45, 7) is 3.69. The van der Waals surface area contributed by atoms with Crippen LogP contribution in [0, 0.1) is 0 Å². The fourth-order valence-corrected chi connectivity index (χ4v) is 1.13. The summed E-state index contributed by atoms with van der Waals surface area (Å²) in [4.78, 5) is 0. The van der Waals surface area contributed by atoms with Gasteiger partial charge in [-0.25, -0.2) is 13.1 Å². The van der Waals surface area contributed by atoms with Gasteiger partial charge < -0.3 is 0 Å². The lowest BCUT2D eigenvalue weighted by Gasteiger charge is -1.93. The van der Waals surface area contributed by atoms with Crippen molar-refractivity contribution in [1.82, 2.24) is 4.72 Å². The molecule has 0 aromatic heterocycles. The Morgan fingerprint density at radius 3 is 2.38 bits per heavy atom. The molecule has 0 aliphatic heterocycles. The molecule has 0 aliphatic carbocycles. The van der Waals surface area contributed by atoms with Crippen molar-refractivity contribution in [3.8, 4) is 0 Å². The largest absolute Gasteiger partial charge is 0.222 e. The molecule has 0 heterocycles. The van der Waals surface area contributed by atoms with E-state index in [2.05, 4.69) is 11.3 Å². The molecule has 0 atom stereocenters. The molecule has 0 radical (unpaired) electrons. The van der Waals surface area contributed by atoms with E-state index < -0.39 is 9.47 Å². The zero-order valence-electron chi connectivity index (χ0n) is 4.72. The molecule has 0 bridgehead atoms. The highest BCUT2D eigenvalue weighted by Gasteiger charge is 1.93. The minimum absolute atomic E-state index is 0.156. The molecule has 48 valence electrons. The van der Waals surface area contributed by atoms with Crippen LogP contribution in [-0.4, -0.2) is 24.4 Å². The molecule has 3 nitrogen and oxygen atoms in total. The Bertz CT molecular complexity index is 162. The minimum atomic E-state index is -2.87. The lowest BCUT2D eigenvalue weighted by atomic mass is 10.7. The first-order chi connectivity index (χ1) is 3.56. The van der Waals surface area contributed by atoms with E-state index in [1.165, 1.54) is 6.08 Å². The first kappa shape index (κ1) is 7.87. The van der Waals surface area contributed by atoms with E-state index in [-0.39, 0.29) is 9.39 Å². The lowest BCUT2D eigenvalue weighted by molar-refractivity contribution is 0.600. The summed E-state index contributed by atoms with van der Waals surface area (Å²) in [5, 5.41) is 0. The van der Waals surface area contributed by atoms with Gasteiger partial charge in [0.25, 0.3) is 0 Å². The zero-order valence-corrected chi connectivity index (χ0v) is 7.53. The Balaban J connectivity index is 3.57. The normalized spacial score (nSPS) is 11.5. The van der Waals surface area contributed by atoms with Gasteiger partial charge in [-0.3, -0.25) is 0 Å². The van der Waals surface area contributed by atoms with Crippen LogP contribution in [0.3, 0.4) is 0 Å². The van der Waals surface area contributed by atoms with Crippen LogP contribution in [0.5, 0.6) is 0 Å². The van der Waals surface area contributed by atoms with Gasteiger partial charge in [0.2, 0.25) is 0 Å². The Morgan fingerprint density at radius 2 is 2.25 bits per heavy atom. The van der Waals surface area contributed by atoms with Gasteiger partial charge in [-0.1, -0.05) is 6.08 Å². The van der Waals surface area contributed by atoms with Gasteiger partial charge in [-0.2, -0.15) is 0 Å². The lowest BCUT2D eigenvalue weighted by Crippen LogP contribution is -2.22. The maximum atomic E-state index is 10.3. The summed E-state index contributed by atoms with van der Waals surface area (Å²) >= 11 is 0. The molecule has 0 unspecified atom stereocenters. The van der Waals surface area contributed by atoms with Crippen LogP contribution in [-0.2, 0) is 9.47 Å². The predicted molar refractivity (Wildman–Crippen MR) is 37.1 cm³/mol. The monoisotopic (exact) mass is 151 g/mol. The average Bonchev–Trinajstić information content (AvgIpc) is 1.59. The highest BCUT2D eigenvalue weighted by molar-refractivity contribution is 8.10. The van der Waals surface area contributed by atoms with Crippen LogP contribution in [0.2, 0.25) is 0 Å². The Labute approximate surface area is 51.9 Å². The SMILES string of the molecule is C=CCNS(=O)(=O)[SiH3]. The van der Waals surface area contributed by atoms with Crippen LogP contribution in [0.1, 0.15) is 0 Å². The van der Waals surface area contributed by atoms with Crippen LogP contribution in [0.15, 0.2) is 12.7 Å². The second kappa shape index (κ2) is 3.01. The third-order valence-electron chi connectivity index (χ3n) is 0.490. The molecule has 0 aromatic rings. The van der Waals surface area contributed by atoms with Gasteiger partial charge in [0, 0.05) is 6.54 Å². The fraction of sp³-hybridized carbons (Fsp3) is 0.333. The van der Waals surface area contributed by atoms with E-state index in [4.69, 9.17) is 0 Å². The molecule has 0 aliphatic rings. The van der Waals surface area contributed by atoms with Gasteiger partial charge in [-0.15, -0.1) is 6.58 Å². The minimum Gasteiger partial charge on any atom is -0.222 e. The molecule has 8 heavy (non-hydrogen) atoms. The quantitative estimate of drug-likeness (QED) is 0.389. The third-order valence-corrected chi connectivity index (χ3v) is 2.05. The third kappa shape index (κ3) is 5.87.